The first-order chi connectivity index (χ1) is 42.5. The minimum atomic E-state index is 0.623. The van der Waals surface area contributed by atoms with Crippen LogP contribution in [0.3, 0.4) is 0 Å². The fraction of sp³-hybridized carbons (Fsp3) is 0.537. The second kappa shape index (κ2) is 60.7. The van der Waals surface area contributed by atoms with Gasteiger partial charge in [0.2, 0.25) is 23.6 Å². The van der Waals surface area contributed by atoms with Gasteiger partial charge in [0, 0.05) is 41.8 Å². The number of aromatic amines is 3. The molecule has 12 rings (SSSR count). The van der Waals surface area contributed by atoms with Crippen molar-refractivity contribution in [3.05, 3.63) is 147 Å². The van der Waals surface area contributed by atoms with E-state index in [9.17, 15) is 0 Å². The van der Waals surface area contributed by atoms with Crippen molar-refractivity contribution < 1.29 is 17.9 Å². The van der Waals surface area contributed by atoms with E-state index in [-0.39, 0.29) is 0 Å². The fourth-order valence-electron chi connectivity index (χ4n) is 4.07. The quantitative estimate of drug-likeness (QED) is 0.127. The third-order valence-electron chi connectivity index (χ3n) is 7.43. The number of nitrogens with zero attached hydrogens (tertiary/aromatic N) is 25. The van der Waals surface area contributed by atoms with Crippen LogP contribution in [0.5, 0.6) is 0 Å². The first-order valence-electron chi connectivity index (χ1n) is 28.0. The molecule has 0 aliphatic rings. The number of hydrogen-bond donors (Lipinski definition) is 3. The molecule has 0 aliphatic heterocycles. The van der Waals surface area contributed by atoms with Gasteiger partial charge in [-0.05, 0) is 113 Å². The van der Waals surface area contributed by atoms with Crippen molar-refractivity contribution in [2.45, 2.75) is 187 Å². The van der Waals surface area contributed by atoms with Crippen molar-refractivity contribution in [1.29, 1.82) is 0 Å². The summed E-state index contributed by atoms with van der Waals surface area (Å²) in [5, 5.41) is 55.5. The summed E-state index contributed by atoms with van der Waals surface area (Å²) >= 11 is 4.51. The van der Waals surface area contributed by atoms with E-state index in [1.807, 2.05) is 159 Å². The summed E-state index contributed by atoms with van der Waals surface area (Å²) in [7, 11) is 3.70. The highest BCUT2D eigenvalue weighted by Gasteiger charge is 1.94. The topological polar surface area (TPSA) is 406 Å². The Morgan fingerprint density at radius 3 is 0.888 bits per heavy atom. The zero-order chi connectivity index (χ0) is 69.0. The van der Waals surface area contributed by atoms with E-state index in [0.29, 0.717) is 35.2 Å². The van der Waals surface area contributed by atoms with Crippen LogP contribution in [0.15, 0.2) is 68.6 Å². The molecule has 0 atom stereocenters. The van der Waals surface area contributed by atoms with Crippen LogP contribution in [0.25, 0.3) is 0 Å². The van der Waals surface area contributed by atoms with Gasteiger partial charge in [-0.15, -0.1) is 41.9 Å². The molecule has 496 valence electrons. The zero-order valence-electron chi connectivity index (χ0n) is 57.7. The molecular weight excluding hydrogens is 1200 g/mol. The maximum atomic E-state index is 4.86. The van der Waals surface area contributed by atoms with Gasteiger partial charge in [-0.2, -0.15) is 39.1 Å². The highest BCUT2D eigenvalue weighted by Crippen LogP contribution is 2.04. The Morgan fingerprint density at radius 2 is 0.798 bits per heavy atom. The first-order valence-corrected chi connectivity index (χ1v) is 30.4. The summed E-state index contributed by atoms with van der Waals surface area (Å²) < 4.78 is 30.2. The molecule has 12 aromatic heterocycles. The highest BCUT2D eigenvalue weighted by atomic mass is 32.1. The molecule has 0 spiro atoms. The number of H-pyrrole nitrogens is 3. The lowest BCUT2D eigenvalue weighted by Crippen LogP contribution is -1.83. The maximum Gasteiger partial charge on any atom is 0.223 e. The summed E-state index contributed by atoms with van der Waals surface area (Å²) in [4.78, 5) is 34.5. The van der Waals surface area contributed by atoms with Crippen molar-refractivity contribution >= 4 is 34.4 Å². The van der Waals surface area contributed by atoms with Gasteiger partial charge >= 0.3 is 0 Å². The Labute approximate surface area is 536 Å². The predicted octanol–water partition coefficient (Wildman–Crippen LogP) is 11.9. The highest BCUT2D eigenvalue weighted by molar-refractivity contribution is 7.11. The Kier molecular flexibility index (Phi) is 60.5. The Morgan fingerprint density at radius 1 is 0.416 bits per heavy atom. The number of nitrogens with one attached hydrogen (secondary N) is 3. The van der Waals surface area contributed by atoms with Crippen LogP contribution in [-0.2, 0) is 14.1 Å². The summed E-state index contributed by atoms with van der Waals surface area (Å²) in [6, 6.07) is 0. The Hall–Kier alpha value is -8.99. The van der Waals surface area contributed by atoms with Crippen LogP contribution in [-0.4, -0.2) is 139 Å². The van der Waals surface area contributed by atoms with Crippen LogP contribution in [0, 0.1) is 118 Å². The molecule has 35 heteroatoms. The van der Waals surface area contributed by atoms with Crippen LogP contribution < -0.4 is 0 Å². The monoisotopic (exact) mass is 1300 g/mol. The molecule has 0 aromatic carbocycles. The SMILES string of the molecule is CC.CC.CC.CC.CC.Cc1ncn[nH]1.Cc1ncn[nH]1.Cc1ncn[nH]1.Cc1ncoc1C.Cc1nnc(C)o1.Cc1nnc(C)s1.Cc1noc(C)n1.Cc1noc(C)n1.Cc1nsc(C)n1.Cc1nsc(C)n1.Cn1cncn1.Cn1cnnc1. The van der Waals surface area contributed by atoms with Gasteiger partial charge in [0.1, 0.15) is 99.2 Å². The van der Waals surface area contributed by atoms with E-state index < -0.39 is 0 Å². The smallest absolute Gasteiger partial charge is 0.223 e. The van der Waals surface area contributed by atoms with E-state index >= 15 is 0 Å². The standard InChI is InChI=1S/C5H7NO.3C4H6N2O.3C4H6N2S.5C3H5N3.5C2H6/c1-4-5(2)7-3-6-4;1-3-5-6-4(2)7-3;2*1-3-5-4(2)7-6-3;1-3-5-6-4(2)7-3;2*1-3-5-4(2)7-6-3;1-6-2-4-5-3-6;1-6-3-4-2-5-6;3*1-3-4-2-5-6-3;5*1-2/h3H,1-2H3;6*1-2H3;2*2-3H,1H3;3*2H,1H3,(H,4,5,6);5*1-2H3. The molecule has 0 saturated carbocycles. The van der Waals surface area contributed by atoms with Crippen molar-refractivity contribution in [2.75, 3.05) is 0 Å². The van der Waals surface area contributed by atoms with Crippen molar-refractivity contribution in [2.24, 2.45) is 14.1 Å². The zero-order valence-corrected chi connectivity index (χ0v) is 60.1. The maximum absolute atomic E-state index is 4.86. The summed E-state index contributed by atoms with van der Waals surface area (Å²) in [6.45, 7) is 51.6. The third kappa shape index (κ3) is 57.8. The number of oxazole rings is 1. The minimum Gasteiger partial charge on any atom is -0.449 e. The number of aromatic nitrogens is 28. The Bertz CT molecular complexity index is 2610. The number of rotatable bonds is 0. The minimum absolute atomic E-state index is 0.623. The molecule has 12 heterocycles. The van der Waals surface area contributed by atoms with E-state index in [4.69, 9.17) is 8.83 Å². The van der Waals surface area contributed by atoms with Crippen LogP contribution in [0.2, 0.25) is 0 Å². The first kappa shape index (κ1) is 88.8. The van der Waals surface area contributed by atoms with Crippen molar-refractivity contribution in [3.8, 4) is 0 Å². The molecule has 0 fully saturated rings. The van der Waals surface area contributed by atoms with Gasteiger partial charge in [0.05, 0.1) is 5.69 Å². The molecule has 32 nitrogen and oxygen atoms in total. The molecular formula is C54H98N28O4S3. The third-order valence-corrected chi connectivity index (χ3v) is 9.61. The lowest BCUT2D eigenvalue weighted by Gasteiger charge is -1.76. The van der Waals surface area contributed by atoms with E-state index in [2.05, 4.69) is 139 Å². The van der Waals surface area contributed by atoms with Gasteiger partial charge in [0.25, 0.3) is 0 Å². The van der Waals surface area contributed by atoms with E-state index in [1.54, 1.807) is 81.1 Å². The van der Waals surface area contributed by atoms with Gasteiger partial charge in [-0.1, -0.05) is 79.6 Å². The fourth-order valence-corrected chi connectivity index (χ4v) is 5.62. The lowest BCUT2D eigenvalue weighted by molar-refractivity contribution is 0.389. The van der Waals surface area contributed by atoms with Crippen molar-refractivity contribution in [3.63, 3.8) is 0 Å². The summed E-state index contributed by atoms with van der Waals surface area (Å²) in [5.41, 5.74) is 0.972. The molecule has 0 unspecified atom stereocenters. The average molecular weight is 1300 g/mol. The number of hydrogen-bond acceptors (Lipinski definition) is 30. The van der Waals surface area contributed by atoms with Gasteiger partial charge in [-0.25, -0.2) is 34.9 Å². The van der Waals surface area contributed by atoms with E-state index in [0.717, 1.165) is 60.6 Å². The van der Waals surface area contributed by atoms with E-state index in [1.165, 1.54) is 54.8 Å². The van der Waals surface area contributed by atoms with Gasteiger partial charge in [0.15, 0.2) is 18.0 Å². The molecule has 89 heavy (non-hydrogen) atoms. The Balaban J connectivity index is -0.000000285. The molecule has 0 aliphatic carbocycles. The molecule has 0 radical (unpaired) electrons. The molecule has 0 amide bonds. The second-order valence-electron chi connectivity index (χ2n) is 15.0. The summed E-state index contributed by atoms with van der Waals surface area (Å²) in [5.74, 6) is 9.10. The van der Waals surface area contributed by atoms with Crippen molar-refractivity contribution in [1.82, 2.24) is 139 Å². The molecule has 0 saturated heterocycles. The largest absolute Gasteiger partial charge is 0.449 e. The van der Waals surface area contributed by atoms with Gasteiger partial charge < -0.3 is 22.4 Å². The van der Waals surface area contributed by atoms with Crippen LogP contribution >= 0.6 is 34.4 Å². The molecule has 12 aromatic rings. The lowest BCUT2D eigenvalue weighted by atomic mass is 10.4. The average Bonchev–Trinajstić information content (AvgIpc) is 4.49. The molecule has 0 bridgehead atoms. The van der Waals surface area contributed by atoms with Crippen LogP contribution in [0.4, 0.5) is 0 Å². The summed E-state index contributed by atoms with van der Waals surface area (Å²) in [6.07, 6.45) is 12.3. The van der Waals surface area contributed by atoms with Gasteiger partial charge in [-0.3, -0.25) is 20.0 Å². The van der Waals surface area contributed by atoms with Crippen LogP contribution in [0.1, 0.15) is 165 Å². The predicted molar refractivity (Wildman–Crippen MR) is 348 cm³/mol. The molecule has 3 N–H and O–H groups in total. The number of aryl methyl sites for hydroxylation is 19. The normalized spacial score (nSPS) is 8.51. The second-order valence-corrected chi connectivity index (χ2v) is 18.3.